The molecule has 2 atom stereocenters. The molecule has 1 aliphatic carbocycles. The molecule has 2 aliphatic rings. The van der Waals surface area contributed by atoms with Crippen molar-refractivity contribution in [2.75, 3.05) is 19.6 Å². The smallest absolute Gasteiger partial charge is 0.291 e. The van der Waals surface area contributed by atoms with Crippen molar-refractivity contribution >= 4 is 10.9 Å². The van der Waals surface area contributed by atoms with E-state index in [1.54, 1.807) is 6.07 Å². The van der Waals surface area contributed by atoms with Gasteiger partial charge in [0.05, 0.1) is 5.69 Å². The summed E-state index contributed by atoms with van der Waals surface area (Å²) in [5.74, 6) is 1.95. The van der Waals surface area contributed by atoms with Crippen molar-refractivity contribution in [2.24, 2.45) is 11.8 Å². The highest BCUT2D eigenvalue weighted by molar-refractivity contribution is 5.84. The first-order valence-corrected chi connectivity index (χ1v) is 11.5. The number of allylic oxidation sites excluding steroid dienone is 1. The number of para-hydroxylation sites is 1. The van der Waals surface area contributed by atoms with Crippen LogP contribution in [0.25, 0.3) is 16.9 Å². The largest absolute Gasteiger partial charge is 0.337 e. The van der Waals surface area contributed by atoms with Crippen molar-refractivity contribution in [1.82, 2.24) is 24.8 Å². The first kappa shape index (κ1) is 20.4. The lowest BCUT2D eigenvalue weighted by Gasteiger charge is -2.23. The lowest BCUT2D eigenvalue weighted by atomic mass is 9.95. The van der Waals surface area contributed by atoms with Crippen LogP contribution in [0.5, 0.6) is 0 Å². The second-order valence-corrected chi connectivity index (χ2v) is 9.31. The van der Waals surface area contributed by atoms with Gasteiger partial charge in [0.15, 0.2) is 0 Å². The summed E-state index contributed by atoms with van der Waals surface area (Å²) in [5.41, 5.74) is 1.25. The maximum atomic E-state index is 14.6. The van der Waals surface area contributed by atoms with E-state index in [2.05, 4.69) is 32.3 Å². The van der Waals surface area contributed by atoms with Gasteiger partial charge in [-0.1, -0.05) is 38.1 Å². The number of rotatable bonds is 6. The molecule has 0 radical (unpaired) electrons. The standard InChI is InChI=1S/C24H30FN5O/c1-16(2)22-19-9-6-10-20(25)23(19)30(27-22)24-26-21(31-28-24)13-18-11-12-29(15-18)14-17-7-4-3-5-8-17/h4,6-7,9-10,16-18H,3,5,8,11-15H2,1-2H3/t17-,18+/m1/s1. The molecule has 31 heavy (non-hydrogen) atoms. The van der Waals surface area contributed by atoms with Crippen LogP contribution in [0.2, 0.25) is 0 Å². The van der Waals surface area contributed by atoms with Gasteiger partial charge in [-0.15, -0.1) is 0 Å². The van der Waals surface area contributed by atoms with E-state index in [4.69, 9.17) is 4.52 Å². The molecular formula is C24H30FN5O. The normalized spacial score (nSPS) is 22.2. The zero-order chi connectivity index (χ0) is 21.4. The number of hydrogen-bond donors (Lipinski definition) is 0. The lowest BCUT2D eigenvalue weighted by molar-refractivity contribution is 0.275. The Morgan fingerprint density at radius 3 is 2.97 bits per heavy atom. The first-order chi connectivity index (χ1) is 15.1. The molecule has 0 N–H and O–H groups in total. The molecule has 5 rings (SSSR count). The number of likely N-dealkylation sites (tertiary alicyclic amines) is 1. The van der Waals surface area contributed by atoms with Gasteiger partial charge in [-0.2, -0.15) is 14.8 Å². The third kappa shape index (κ3) is 4.15. The highest BCUT2D eigenvalue weighted by Crippen LogP contribution is 2.29. The molecule has 1 fully saturated rings. The van der Waals surface area contributed by atoms with E-state index in [0.29, 0.717) is 29.2 Å². The molecule has 2 aromatic heterocycles. The van der Waals surface area contributed by atoms with E-state index in [9.17, 15) is 4.39 Å². The molecule has 1 saturated heterocycles. The number of fused-ring (bicyclic) bond motifs is 1. The van der Waals surface area contributed by atoms with Gasteiger partial charge >= 0.3 is 0 Å². The minimum absolute atomic E-state index is 0.167. The van der Waals surface area contributed by atoms with Crippen LogP contribution >= 0.6 is 0 Å². The van der Waals surface area contributed by atoms with Crippen molar-refractivity contribution in [2.45, 2.75) is 51.9 Å². The van der Waals surface area contributed by atoms with Crippen LogP contribution in [0.15, 0.2) is 34.9 Å². The van der Waals surface area contributed by atoms with Gasteiger partial charge in [-0.05, 0) is 61.2 Å². The third-order valence-electron chi connectivity index (χ3n) is 6.56. The second-order valence-electron chi connectivity index (χ2n) is 9.31. The van der Waals surface area contributed by atoms with Gasteiger partial charge in [0, 0.05) is 24.9 Å². The van der Waals surface area contributed by atoms with Crippen LogP contribution in [0.4, 0.5) is 4.39 Å². The maximum absolute atomic E-state index is 14.6. The van der Waals surface area contributed by atoms with Crippen LogP contribution in [-0.4, -0.2) is 44.5 Å². The Morgan fingerprint density at radius 2 is 2.16 bits per heavy atom. The summed E-state index contributed by atoms with van der Waals surface area (Å²) in [6.07, 6.45) is 10.5. The summed E-state index contributed by atoms with van der Waals surface area (Å²) in [6, 6.07) is 5.05. The molecule has 3 aromatic rings. The van der Waals surface area contributed by atoms with E-state index in [0.717, 1.165) is 43.6 Å². The number of hydrogen-bond acceptors (Lipinski definition) is 5. The molecule has 1 aromatic carbocycles. The third-order valence-corrected chi connectivity index (χ3v) is 6.56. The Morgan fingerprint density at radius 1 is 1.26 bits per heavy atom. The molecule has 0 spiro atoms. The van der Waals surface area contributed by atoms with Crippen LogP contribution in [-0.2, 0) is 6.42 Å². The molecule has 0 unspecified atom stereocenters. The molecule has 7 heteroatoms. The Balaban J connectivity index is 1.30. The summed E-state index contributed by atoms with van der Waals surface area (Å²) in [7, 11) is 0. The summed E-state index contributed by atoms with van der Waals surface area (Å²) in [4.78, 5) is 7.14. The van der Waals surface area contributed by atoms with E-state index < -0.39 is 0 Å². The van der Waals surface area contributed by atoms with E-state index in [1.807, 2.05) is 19.9 Å². The van der Waals surface area contributed by atoms with Crippen molar-refractivity contribution in [3.8, 4) is 5.95 Å². The summed E-state index contributed by atoms with van der Waals surface area (Å²) in [6.45, 7) is 7.45. The van der Waals surface area contributed by atoms with Crippen LogP contribution in [0.3, 0.4) is 0 Å². The van der Waals surface area contributed by atoms with Crippen molar-refractivity contribution in [3.05, 3.63) is 47.8 Å². The minimum atomic E-state index is -0.327. The van der Waals surface area contributed by atoms with Gasteiger partial charge in [-0.3, -0.25) is 0 Å². The Labute approximate surface area is 182 Å². The quantitative estimate of drug-likeness (QED) is 0.528. The average molecular weight is 424 g/mol. The zero-order valence-corrected chi connectivity index (χ0v) is 18.3. The predicted octanol–water partition coefficient (Wildman–Crippen LogP) is 4.89. The molecule has 6 nitrogen and oxygen atoms in total. The molecule has 164 valence electrons. The highest BCUT2D eigenvalue weighted by atomic mass is 19.1. The highest BCUT2D eigenvalue weighted by Gasteiger charge is 2.27. The SMILES string of the molecule is CC(C)c1nn(-c2noc(C[C@@H]3CCN(C[C@@H]4C=CCCC4)C3)n2)c2c(F)cccc12. The fraction of sp³-hybridized carbons (Fsp3) is 0.542. The Hall–Kier alpha value is -2.54. The predicted molar refractivity (Wildman–Crippen MR) is 118 cm³/mol. The van der Waals surface area contributed by atoms with Crippen LogP contribution < -0.4 is 0 Å². The molecule has 3 heterocycles. The van der Waals surface area contributed by atoms with E-state index in [-0.39, 0.29) is 11.7 Å². The molecule has 0 bridgehead atoms. The number of aromatic nitrogens is 4. The number of halogens is 1. The van der Waals surface area contributed by atoms with Crippen molar-refractivity contribution in [3.63, 3.8) is 0 Å². The Kier molecular flexibility index (Phi) is 5.61. The summed E-state index contributed by atoms with van der Waals surface area (Å²) in [5, 5.41) is 9.54. The average Bonchev–Trinajstić information content (AvgIpc) is 3.48. The molecule has 0 amide bonds. The molecular weight excluding hydrogens is 393 g/mol. The second kappa shape index (κ2) is 8.54. The van der Waals surface area contributed by atoms with Gasteiger partial charge in [-0.25, -0.2) is 4.39 Å². The molecule has 1 aliphatic heterocycles. The van der Waals surface area contributed by atoms with Crippen molar-refractivity contribution < 1.29 is 8.91 Å². The van der Waals surface area contributed by atoms with Gasteiger partial charge in [0.25, 0.3) is 5.95 Å². The Bertz CT molecular complexity index is 1090. The van der Waals surface area contributed by atoms with Gasteiger partial charge in [0.1, 0.15) is 11.3 Å². The lowest BCUT2D eigenvalue weighted by Crippen LogP contribution is -2.27. The minimum Gasteiger partial charge on any atom is -0.337 e. The fourth-order valence-electron chi connectivity index (χ4n) is 4.99. The first-order valence-electron chi connectivity index (χ1n) is 11.5. The number of nitrogens with zero attached hydrogens (tertiary/aromatic N) is 5. The van der Waals surface area contributed by atoms with Crippen LogP contribution in [0.1, 0.15) is 57.0 Å². The van der Waals surface area contributed by atoms with Gasteiger partial charge < -0.3 is 9.42 Å². The summed E-state index contributed by atoms with van der Waals surface area (Å²) >= 11 is 0. The zero-order valence-electron chi connectivity index (χ0n) is 18.3. The fourth-order valence-corrected chi connectivity index (χ4v) is 4.99. The molecule has 0 saturated carbocycles. The summed E-state index contributed by atoms with van der Waals surface area (Å²) < 4.78 is 21.7. The van der Waals surface area contributed by atoms with E-state index in [1.165, 1.54) is 30.0 Å². The van der Waals surface area contributed by atoms with E-state index >= 15 is 0 Å². The monoisotopic (exact) mass is 423 g/mol. The maximum Gasteiger partial charge on any atom is 0.291 e. The topological polar surface area (TPSA) is 60.0 Å². The van der Waals surface area contributed by atoms with Crippen molar-refractivity contribution in [1.29, 1.82) is 0 Å². The van der Waals surface area contributed by atoms with Gasteiger partial charge in [0.2, 0.25) is 5.89 Å². The van der Waals surface area contributed by atoms with Crippen LogP contribution in [0, 0.1) is 17.7 Å². The number of benzene rings is 1.